The molecule has 0 radical (unpaired) electrons. The number of benzene rings is 1. The van der Waals surface area contributed by atoms with Gasteiger partial charge in [-0.05, 0) is 25.0 Å². The molecular formula is C16H18N6O. The molecule has 2 amide bonds. The number of likely N-dealkylation sites (tertiary alicyclic amines) is 1. The van der Waals surface area contributed by atoms with Gasteiger partial charge in [0.2, 0.25) is 0 Å². The number of nitrogens with zero attached hydrogens (tertiary/aromatic N) is 4. The molecule has 118 valence electrons. The van der Waals surface area contributed by atoms with Crippen molar-refractivity contribution < 1.29 is 4.79 Å². The highest BCUT2D eigenvalue weighted by Gasteiger charge is 2.33. The van der Waals surface area contributed by atoms with Crippen LogP contribution in [0.4, 0.5) is 16.3 Å². The predicted molar refractivity (Wildman–Crippen MR) is 87.7 cm³/mol. The number of hydrogen-bond donors (Lipinski definition) is 2. The SMILES string of the molecule is O=C(Nc1ccccc1)N1CCCC1n1ncc2c1N=CNC2. The summed E-state index contributed by atoms with van der Waals surface area (Å²) in [7, 11) is 0. The van der Waals surface area contributed by atoms with Crippen LogP contribution in [-0.4, -0.2) is 33.6 Å². The van der Waals surface area contributed by atoms with Crippen molar-refractivity contribution >= 4 is 23.9 Å². The Balaban J connectivity index is 1.56. The predicted octanol–water partition coefficient (Wildman–Crippen LogP) is 2.47. The second kappa shape index (κ2) is 5.75. The molecule has 2 aromatic rings. The third kappa shape index (κ3) is 2.54. The van der Waals surface area contributed by atoms with Crippen LogP contribution < -0.4 is 10.6 Å². The number of rotatable bonds is 2. The molecule has 1 fully saturated rings. The van der Waals surface area contributed by atoms with Crippen molar-refractivity contribution in [2.75, 3.05) is 11.9 Å². The second-order valence-electron chi connectivity index (χ2n) is 5.69. The lowest BCUT2D eigenvalue weighted by molar-refractivity contribution is 0.181. The van der Waals surface area contributed by atoms with Crippen molar-refractivity contribution in [2.45, 2.75) is 25.6 Å². The molecule has 0 spiro atoms. The van der Waals surface area contributed by atoms with Gasteiger partial charge in [-0.1, -0.05) is 18.2 Å². The molecule has 2 aliphatic rings. The van der Waals surface area contributed by atoms with Gasteiger partial charge in [-0.2, -0.15) is 5.10 Å². The van der Waals surface area contributed by atoms with E-state index < -0.39 is 0 Å². The maximum Gasteiger partial charge on any atom is 0.323 e. The number of nitrogens with one attached hydrogen (secondary N) is 2. The third-order valence-corrected chi connectivity index (χ3v) is 4.20. The minimum absolute atomic E-state index is 0.0855. The average Bonchev–Trinajstić information content (AvgIpc) is 3.22. The largest absolute Gasteiger partial charge is 0.372 e. The molecule has 4 rings (SSSR count). The van der Waals surface area contributed by atoms with Crippen LogP contribution >= 0.6 is 0 Å². The average molecular weight is 310 g/mol. The molecule has 1 aromatic heterocycles. The summed E-state index contributed by atoms with van der Waals surface area (Å²) < 4.78 is 1.87. The van der Waals surface area contributed by atoms with Crippen LogP contribution in [0, 0.1) is 0 Å². The quantitative estimate of drug-likeness (QED) is 0.895. The first-order valence-corrected chi connectivity index (χ1v) is 7.78. The number of amides is 2. The molecule has 23 heavy (non-hydrogen) atoms. The summed E-state index contributed by atoms with van der Waals surface area (Å²) >= 11 is 0. The first-order valence-electron chi connectivity index (χ1n) is 7.78. The molecule has 0 saturated carbocycles. The molecule has 1 saturated heterocycles. The molecule has 7 nitrogen and oxygen atoms in total. The number of aromatic nitrogens is 2. The fourth-order valence-electron chi connectivity index (χ4n) is 3.10. The zero-order chi connectivity index (χ0) is 15.6. The van der Waals surface area contributed by atoms with Gasteiger partial charge in [0.25, 0.3) is 0 Å². The summed E-state index contributed by atoms with van der Waals surface area (Å²) in [6.45, 7) is 1.45. The molecule has 7 heteroatoms. The molecule has 3 heterocycles. The lowest BCUT2D eigenvalue weighted by atomic mass is 10.3. The highest BCUT2D eigenvalue weighted by Crippen LogP contribution is 2.33. The Morgan fingerprint density at radius 3 is 3.04 bits per heavy atom. The zero-order valence-electron chi connectivity index (χ0n) is 12.6. The van der Waals surface area contributed by atoms with Crippen molar-refractivity contribution in [2.24, 2.45) is 4.99 Å². The van der Waals surface area contributed by atoms with Crippen LogP contribution in [0.15, 0.2) is 41.5 Å². The first-order chi connectivity index (χ1) is 11.3. The molecule has 2 N–H and O–H groups in total. The number of anilines is 1. The van der Waals surface area contributed by atoms with E-state index in [1.165, 1.54) is 0 Å². The lowest BCUT2D eigenvalue weighted by Crippen LogP contribution is -2.37. The monoisotopic (exact) mass is 310 g/mol. The summed E-state index contributed by atoms with van der Waals surface area (Å²) in [5, 5.41) is 10.5. The van der Waals surface area contributed by atoms with Crippen LogP contribution in [-0.2, 0) is 6.54 Å². The number of para-hydroxylation sites is 1. The molecular weight excluding hydrogens is 292 g/mol. The van der Waals surface area contributed by atoms with E-state index in [2.05, 4.69) is 20.7 Å². The van der Waals surface area contributed by atoms with Crippen LogP contribution in [0.2, 0.25) is 0 Å². The molecule has 1 aromatic carbocycles. The van der Waals surface area contributed by atoms with Crippen molar-refractivity contribution in [3.63, 3.8) is 0 Å². The van der Waals surface area contributed by atoms with Gasteiger partial charge in [-0.15, -0.1) is 0 Å². The van der Waals surface area contributed by atoms with Gasteiger partial charge in [0.05, 0.1) is 12.5 Å². The van der Waals surface area contributed by atoms with Crippen molar-refractivity contribution in [3.05, 3.63) is 42.1 Å². The Hall–Kier alpha value is -2.83. The summed E-state index contributed by atoms with van der Waals surface area (Å²) in [4.78, 5) is 18.8. The number of fused-ring (bicyclic) bond motifs is 1. The van der Waals surface area contributed by atoms with Crippen LogP contribution in [0.25, 0.3) is 0 Å². The van der Waals surface area contributed by atoms with Gasteiger partial charge in [0, 0.05) is 24.3 Å². The number of hydrogen-bond acceptors (Lipinski definition) is 4. The Bertz CT molecular complexity index is 738. The first kappa shape index (κ1) is 13.8. The number of carbonyl (C=O) groups excluding carboxylic acids is 1. The highest BCUT2D eigenvalue weighted by molar-refractivity contribution is 5.89. The summed E-state index contributed by atoms with van der Waals surface area (Å²) in [6, 6.07) is 9.41. The van der Waals surface area contributed by atoms with Gasteiger partial charge in [-0.25, -0.2) is 14.5 Å². The van der Waals surface area contributed by atoms with Crippen LogP contribution in [0.1, 0.15) is 24.6 Å². The fraction of sp³-hybridized carbons (Fsp3) is 0.312. The third-order valence-electron chi connectivity index (χ3n) is 4.20. The van der Waals surface area contributed by atoms with E-state index >= 15 is 0 Å². The van der Waals surface area contributed by atoms with Crippen molar-refractivity contribution in [1.29, 1.82) is 0 Å². The maximum atomic E-state index is 12.6. The number of carbonyl (C=O) groups is 1. The maximum absolute atomic E-state index is 12.6. The van der Waals surface area contributed by atoms with Crippen molar-refractivity contribution in [1.82, 2.24) is 20.0 Å². The Morgan fingerprint density at radius 2 is 2.17 bits per heavy atom. The smallest absolute Gasteiger partial charge is 0.323 e. The second-order valence-corrected chi connectivity index (χ2v) is 5.69. The van der Waals surface area contributed by atoms with Gasteiger partial charge in [-0.3, -0.25) is 0 Å². The zero-order valence-corrected chi connectivity index (χ0v) is 12.6. The molecule has 2 aliphatic heterocycles. The lowest BCUT2D eigenvalue weighted by Gasteiger charge is -2.26. The highest BCUT2D eigenvalue weighted by atomic mass is 16.2. The topological polar surface area (TPSA) is 74.5 Å². The Labute approximate surface area is 134 Å². The summed E-state index contributed by atoms with van der Waals surface area (Å²) in [5.74, 6) is 0.841. The summed E-state index contributed by atoms with van der Waals surface area (Å²) in [6.07, 6.45) is 5.27. The number of urea groups is 1. The van der Waals surface area contributed by atoms with Crippen LogP contribution in [0.3, 0.4) is 0 Å². The van der Waals surface area contributed by atoms with Gasteiger partial charge in [0.15, 0.2) is 5.82 Å². The molecule has 0 aliphatic carbocycles. The van der Waals surface area contributed by atoms with Crippen molar-refractivity contribution in [3.8, 4) is 0 Å². The molecule has 1 unspecified atom stereocenters. The van der Waals surface area contributed by atoms with E-state index in [1.54, 1.807) is 6.34 Å². The van der Waals surface area contributed by atoms with E-state index in [4.69, 9.17) is 0 Å². The van der Waals surface area contributed by atoms with E-state index in [9.17, 15) is 4.79 Å². The van der Waals surface area contributed by atoms with Gasteiger partial charge in [0.1, 0.15) is 6.17 Å². The normalized spacial score (nSPS) is 19.3. The van der Waals surface area contributed by atoms with Gasteiger partial charge < -0.3 is 15.5 Å². The van der Waals surface area contributed by atoms with E-state index in [1.807, 2.05) is 46.1 Å². The Kier molecular flexibility index (Phi) is 3.45. The number of aliphatic imine (C=N–C) groups is 1. The van der Waals surface area contributed by atoms with Crippen LogP contribution in [0.5, 0.6) is 0 Å². The standard InChI is InChI=1S/C16H18N6O/c23-16(20-13-5-2-1-3-6-13)21-8-4-7-14(21)22-15-12(10-19-22)9-17-11-18-15/h1-3,5-6,10-11,14H,4,7-9H2,(H,17,18)(H,20,23). The minimum Gasteiger partial charge on any atom is -0.372 e. The van der Waals surface area contributed by atoms with E-state index in [0.29, 0.717) is 0 Å². The van der Waals surface area contributed by atoms with E-state index in [-0.39, 0.29) is 12.2 Å². The van der Waals surface area contributed by atoms with E-state index in [0.717, 1.165) is 43.0 Å². The fourth-order valence-corrected chi connectivity index (χ4v) is 3.10. The molecule has 0 bridgehead atoms. The van der Waals surface area contributed by atoms with Gasteiger partial charge >= 0.3 is 6.03 Å². The molecule has 1 atom stereocenters. The minimum atomic E-state index is -0.0964. The Morgan fingerprint density at radius 1 is 1.30 bits per heavy atom. The summed E-state index contributed by atoms with van der Waals surface area (Å²) in [5.41, 5.74) is 1.86.